The fraction of sp³-hybridized carbons (Fsp3) is 0.300. The van der Waals surface area contributed by atoms with E-state index in [4.69, 9.17) is 4.74 Å². The van der Waals surface area contributed by atoms with Gasteiger partial charge >= 0.3 is 0 Å². The van der Waals surface area contributed by atoms with Crippen LogP contribution in [0, 0.1) is 0 Å². The van der Waals surface area contributed by atoms with Crippen LogP contribution in [0.3, 0.4) is 0 Å². The van der Waals surface area contributed by atoms with Gasteiger partial charge in [0.2, 0.25) is 0 Å². The summed E-state index contributed by atoms with van der Waals surface area (Å²) in [5, 5.41) is 9.17. The second-order valence-corrected chi connectivity index (χ2v) is 5.64. The molecule has 0 aromatic heterocycles. The average Bonchev–Trinajstić information content (AvgIpc) is 2.69. The lowest BCUT2D eigenvalue weighted by Gasteiger charge is -2.13. The molecule has 2 rings (SSSR count). The second-order valence-electron chi connectivity index (χ2n) is 5.64. The quantitative estimate of drug-likeness (QED) is 0.527. The van der Waals surface area contributed by atoms with Gasteiger partial charge in [-0.25, -0.2) is 4.99 Å². The van der Waals surface area contributed by atoms with Gasteiger partial charge in [-0.1, -0.05) is 30.3 Å². The summed E-state index contributed by atoms with van der Waals surface area (Å²) in [5.74, 6) is 1.45. The molecule has 0 aliphatic heterocycles. The van der Waals surface area contributed by atoms with Gasteiger partial charge in [-0.15, -0.1) is 0 Å². The van der Waals surface area contributed by atoms with Crippen LogP contribution in [0.5, 0.6) is 5.75 Å². The van der Waals surface area contributed by atoms with Crippen molar-refractivity contribution < 1.29 is 9.53 Å². The highest BCUT2D eigenvalue weighted by Gasteiger charge is 2.05. The molecule has 6 heteroatoms. The van der Waals surface area contributed by atoms with E-state index in [-0.39, 0.29) is 5.91 Å². The van der Waals surface area contributed by atoms with Gasteiger partial charge in [0.05, 0.1) is 13.7 Å². The number of carbonyl (C=O) groups excluding carboxylic acids is 1. The zero-order chi connectivity index (χ0) is 18.8. The molecule has 0 fully saturated rings. The molecule has 138 valence electrons. The van der Waals surface area contributed by atoms with Crippen molar-refractivity contribution in [3.63, 3.8) is 0 Å². The van der Waals surface area contributed by atoms with Crippen LogP contribution in [0.4, 0.5) is 0 Å². The summed E-state index contributed by atoms with van der Waals surface area (Å²) in [6.07, 6.45) is 0. The molecule has 0 heterocycles. The van der Waals surface area contributed by atoms with Gasteiger partial charge in [0.15, 0.2) is 5.96 Å². The molecular weight excluding hydrogens is 328 g/mol. The maximum atomic E-state index is 11.7. The first kappa shape index (κ1) is 19.3. The zero-order valence-electron chi connectivity index (χ0n) is 15.5. The van der Waals surface area contributed by atoms with Crippen LogP contribution in [0.1, 0.15) is 28.4 Å². The third-order valence-electron chi connectivity index (χ3n) is 3.82. The minimum atomic E-state index is -0.1000. The third kappa shape index (κ3) is 5.51. The molecule has 26 heavy (non-hydrogen) atoms. The van der Waals surface area contributed by atoms with E-state index < -0.39 is 0 Å². The van der Waals surface area contributed by atoms with Crippen LogP contribution in [0.15, 0.2) is 53.5 Å². The fourth-order valence-corrected chi connectivity index (χ4v) is 2.50. The molecule has 1 amide bonds. The minimum absolute atomic E-state index is 0.1000. The molecule has 0 aliphatic carbocycles. The number of para-hydroxylation sites is 1. The number of hydrogen-bond donors (Lipinski definition) is 3. The zero-order valence-corrected chi connectivity index (χ0v) is 15.5. The molecule has 2 aromatic rings. The first-order valence-corrected chi connectivity index (χ1v) is 8.63. The number of guanidine groups is 1. The van der Waals surface area contributed by atoms with Gasteiger partial charge in [-0.2, -0.15) is 0 Å². The summed E-state index contributed by atoms with van der Waals surface area (Å²) in [4.78, 5) is 16.3. The molecule has 0 aliphatic rings. The normalized spacial score (nSPS) is 11.0. The van der Waals surface area contributed by atoms with E-state index in [2.05, 4.69) is 20.9 Å². The Morgan fingerprint density at radius 3 is 2.65 bits per heavy atom. The van der Waals surface area contributed by atoms with E-state index in [1.165, 1.54) is 0 Å². The highest BCUT2D eigenvalue weighted by molar-refractivity contribution is 5.94. The highest BCUT2D eigenvalue weighted by atomic mass is 16.5. The lowest BCUT2D eigenvalue weighted by molar-refractivity contribution is 0.0963. The Balaban J connectivity index is 2.05. The molecule has 3 N–H and O–H groups in total. The Hall–Kier alpha value is -3.02. The molecular formula is C20H26N4O2. The SMILES string of the molecule is CCNC(=NCc1cccc(C(=O)NC)c1)NCc1ccccc1OC. The Morgan fingerprint density at radius 1 is 1.12 bits per heavy atom. The van der Waals surface area contributed by atoms with E-state index in [0.717, 1.165) is 23.4 Å². The van der Waals surface area contributed by atoms with Gasteiger partial charge in [0, 0.05) is 31.3 Å². The number of rotatable bonds is 7. The number of ether oxygens (including phenoxy) is 1. The molecule has 0 saturated heterocycles. The second kappa shape index (κ2) is 10.1. The topological polar surface area (TPSA) is 74.8 Å². The number of nitrogens with zero attached hydrogens (tertiary/aromatic N) is 1. The first-order chi connectivity index (χ1) is 12.7. The summed E-state index contributed by atoms with van der Waals surface area (Å²) in [6, 6.07) is 15.3. The van der Waals surface area contributed by atoms with Crippen molar-refractivity contribution in [3.05, 3.63) is 65.2 Å². The molecule has 0 radical (unpaired) electrons. The van der Waals surface area contributed by atoms with Crippen LogP contribution in [0.2, 0.25) is 0 Å². The van der Waals surface area contributed by atoms with E-state index in [1.807, 2.05) is 49.4 Å². The van der Waals surface area contributed by atoms with Gasteiger partial charge in [-0.05, 0) is 30.7 Å². The van der Waals surface area contributed by atoms with E-state index in [1.54, 1.807) is 20.2 Å². The number of benzene rings is 2. The largest absolute Gasteiger partial charge is 0.496 e. The van der Waals surface area contributed by atoms with Gasteiger partial charge in [0.1, 0.15) is 5.75 Å². The maximum absolute atomic E-state index is 11.7. The summed E-state index contributed by atoms with van der Waals surface area (Å²) in [5.41, 5.74) is 2.66. The summed E-state index contributed by atoms with van der Waals surface area (Å²) in [7, 11) is 3.29. The molecule has 0 atom stereocenters. The number of nitrogens with one attached hydrogen (secondary N) is 3. The van der Waals surface area contributed by atoms with Gasteiger partial charge in [-0.3, -0.25) is 4.79 Å². The number of carbonyl (C=O) groups is 1. The van der Waals surface area contributed by atoms with Crippen LogP contribution in [-0.2, 0) is 13.1 Å². The molecule has 6 nitrogen and oxygen atoms in total. The third-order valence-corrected chi connectivity index (χ3v) is 3.82. The van der Waals surface area contributed by atoms with Crippen molar-refractivity contribution in [1.29, 1.82) is 0 Å². The Labute approximate surface area is 154 Å². The van der Waals surface area contributed by atoms with Crippen molar-refractivity contribution in [2.45, 2.75) is 20.0 Å². The number of aliphatic imine (C=N–C) groups is 1. The molecule has 0 unspecified atom stereocenters. The van der Waals surface area contributed by atoms with Crippen LogP contribution < -0.4 is 20.7 Å². The summed E-state index contributed by atoms with van der Waals surface area (Å²) in [6.45, 7) is 3.86. The van der Waals surface area contributed by atoms with Crippen molar-refractivity contribution in [2.24, 2.45) is 4.99 Å². The average molecular weight is 354 g/mol. The standard InChI is InChI=1S/C20H26N4O2/c1-4-22-20(24-14-17-9-5-6-11-18(17)26-3)23-13-15-8-7-10-16(12-15)19(25)21-2/h5-12H,4,13-14H2,1-3H3,(H,21,25)(H2,22,23,24). The van der Waals surface area contributed by atoms with E-state index in [0.29, 0.717) is 24.6 Å². The number of amides is 1. The Bertz CT molecular complexity index is 759. The van der Waals surface area contributed by atoms with Gasteiger partial charge < -0.3 is 20.7 Å². The first-order valence-electron chi connectivity index (χ1n) is 8.63. The maximum Gasteiger partial charge on any atom is 0.251 e. The fourth-order valence-electron chi connectivity index (χ4n) is 2.50. The van der Waals surface area contributed by atoms with Crippen molar-refractivity contribution in [2.75, 3.05) is 20.7 Å². The van der Waals surface area contributed by atoms with Crippen molar-refractivity contribution in [3.8, 4) is 5.75 Å². The molecule has 2 aromatic carbocycles. The number of hydrogen-bond acceptors (Lipinski definition) is 3. The number of methoxy groups -OCH3 is 1. The lowest BCUT2D eigenvalue weighted by atomic mass is 10.1. The van der Waals surface area contributed by atoms with Crippen molar-refractivity contribution >= 4 is 11.9 Å². The minimum Gasteiger partial charge on any atom is -0.496 e. The summed E-state index contributed by atoms with van der Waals surface area (Å²) >= 11 is 0. The smallest absolute Gasteiger partial charge is 0.251 e. The Morgan fingerprint density at radius 2 is 1.92 bits per heavy atom. The monoisotopic (exact) mass is 354 g/mol. The van der Waals surface area contributed by atoms with Crippen molar-refractivity contribution in [1.82, 2.24) is 16.0 Å². The highest BCUT2D eigenvalue weighted by Crippen LogP contribution is 2.16. The van der Waals surface area contributed by atoms with E-state index in [9.17, 15) is 4.79 Å². The molecule has 0 saturated carbocycles. The van der Waals surface area contributed by atoms with Crippen LogP contribution >= 0.6 is 0 Å². The molecule has 0 bridgehead atoms. The lowest BCUT2D eigenvalue weighted by Crippen LogP contribution is -2.36. The predicted molar refractivity (Wildman–Crippen MR) is 104 cm³/mol. The van der Waals surface area contributed by atoms with Crippen LogP contribution in [-0.4, -0.2) is 32.6 Å². The predicted octanol–water partition coefficient (Wildman–Crippen LogP) is 2.31. The van der Waals surface area contributed by atoms with Gasteiger partial charge in [0.25, 0.3) is 5.91 Å². The Kier molecular flexibility index (Phi) is 7.49. The van der Waals surface area contributed by atoms with E-state index >= 15 is 0 Å². The molecule has 0 spiro atoms. The van der Waals surface area contributed by atoms with Crippen LogP contribution in [0.25, 0.3) is 0 Å². The summed E-state index contributed by atoms with van der Waals surface area (Å²) < 4.78 is 5.37.